The van der Waals surface area contributed by atoms with E-state index in [9.17, 15) is 0 Å². The zero-order valence-corrected chi connectivity index (χ0v) is 10.4. The first-order valence-corrected chi connectivity index (χ1v) is 6.64. The second kappa shape index (κ2) is 4.61. The number of hydrogen-bond donors (Lipinski definition) is 2. The van der Waals surface area contributed by atoms with Gasteiger partial charge in [-0.25, -0.2) is 9.97 Å². The Morgan fingerprint density at radius 2 is 2.24 bits per heavy atom. The summed E-state index contributed by atoms with van der Waals surface area (Å²) in [5.41, 5.74) is 2.51. The number of anilines is 1. The molecule has 1 aromatic rings. The van der Waals surface area contributed by atoms with Crippen LogP contribution in [0, 0.1) is 12.8 Å². The van der Waals surface area contributed by atoms with Gasteiger partial charge in [0.2, 0.25) is 0 Å². The minimum atomic E-state index is 0.859. The van der Waals surface area contributed by atoms with Gasteiger partial charge in [0, 0.05) is 31.6 Å². The number of nitrogens with one attached hydrogen (secondary N) is 2. The van der Waals surface area contributed by atoms with Crippen molar-refractivity contribution in [3.63, 3.8) is 0 Å². The summed E-state index contributed by atoms with van der Waals surface area (Å²) >= 11 is 0. The molecule has 92 valence electrons. The van der Waals surface area contributed by atoms with E-state index in [1.165, 1.54) is 30.5 Å². The van der Waals surface area contributed by atoms with Gasteiger partial charge in [0.15, 0.2) is 0 Å². The largest absolute Gasteiger partial charge is 0.369 e. The maximum absolute atomic E-state index is 4.55. The van der Waals surface area contributed by atoms with Crippen molar-refractivity contribution in [2.45, 2.75) is 39.2 Å². The van der Waals surface area contributed by atoms with Crippen molar-refractivity contribution in [1.29, 1.82) is 0 Å². The molecular formula is C13H20N4. The van der Waals surface area contributed by atoms with E-state index in [4.69, 9.17) is 0 Å². The van der Waals surface area contributed by atoms with E-state index >= 15 is 0 Å². The Morgan fingerprint density at radius 3 is 3.00 bits per heavy atom. The first kappa shape index (κ1) is 11.0. The van der Waals surface area contributed by atoms with Crippen molar-refractivity contribution in [1.82, 2.24) is 15.3 Å². The average molecular weight is 232 g/mol. The molecule has 0 saturated heterocycles. The Labute approximate surface area is 102 Å². The fourth-order valence-electron chi connectivity index (χ4n) is 2.55. The molecule has 0 unspecified atom stereocenters. The van der Waals surface area contributed by atoms with Crippen LogP contribution in [0.4, 0.5) is 5.82 Å². The van der Waals surface area contributed by atoms with Crippen LogP contribution < -0.4 is 10.6 Å². The van der Waals surface area contributed by atoms with Crippen molar-refractivity contribution in [2.75, 3.05) is 18.4 Å². The number of fused-ring (bicyclic) bond motifs is 1. The van der Waals surface area contributed by atoms with Crippen molar-refractivity contribution in [3.8, 4) is 0 Å². The number of aryl methyl sites for hydroxylation is 1. The van der Waals surface area contributed by atoms with E-state index in [-0.39, 0.29) is 0 Å². The number of aromatic nitrogens is 2. The molecule has 1 aliphatic carbocycles. The summed E-state index contributed by atoms with van der Waals surface area (Å²) in [6.07, 6.45) is 5.17. The topological polar surface area (TPSA) is 49.8 Å². The van der Waals surface area contributed by atoms with E-state index in [0.29, 0.717) is 0 Å². The quantitative estimate of drug-likeness (QED) is 0.832. The minimum Gasteiger partial charge on any atom is -0.369 e. The molecule has 1 aromatic heterocycles. The van der Waals surface area contributed by atoms with Gasteiger partial charge in [-0.2, -0.15) is 0 Å². The van der Waals surface area contributed by atoms with Crippen LogP contribution in [-0.2, 0) is 13.0 Å². The fourth-order valence-corrected chi connectivity index (χ4v) is 2.55. The van der Waals surface area contributed by atoms with Gasteiger partial charge in [-0.15, -0.1) is 0 Å². The zero-order valence-electron chi connectivity index (χ0n) is 10.4. The predicted octanol–water partition coefficient (Wildman–Crippen LogP) is 1.64. The third kappa shape index (κ3) is 2.27. The molecular weight excluding hydrogens is 212 g/mol. The highest BCUT2D eigenvalue weighted by molar-refractivity contribution is 5.47. The summed E-state index contributed by atoms with van der Waals surface area (Å²) in [5, 5.41) is 6.92. The van der Waals surface area contributed by atoms with Crippen molar-refractivity contribution < 1.29 is 0 Å². The standard InChI is InChI=1S/C13H20N4/c1-9-16-12-5-6-14-8-11(12)13(17-9)15-7-10-3-2-4-10/h10,14H,2-8H2,1H3,(H,15,16,17). The normalized spacial score (nSPS) is 19.6. The molecule has 0 spiro atoms. The second-order valence-electron chi connectivity index (χ2n) is 5.15. The lowest BCUT2D eigenvalue weighted by molar-refractivity contribution is 0.333. The summed E-state index contributed by atoms with van der Waals surface area (Å²) in [6, 6.07) is 0. The van der Waals surface area contributed by atoms with Gasteiger partial charge in [0.1, 0.15) is 11.6 Å². The Bertz CT molecular complexity index is 412. The van der Waals surface area contributed by atoms with Crippen LogP contribution in [0.1, 0.15) is 36.3 Å². The zero-order chi connectivity index (χ0) is 11.7. The molecule has 4 heteroatoms. The van der Waals surface area contributed by atoms with Gasteiger partial charge in [-0.1, -0.05) is 6.42 Å². The molecule has 2 heterocycles. The van der Waals surface area contributed by atoms with Crippen molar-refractivity contribution in [2.24, 2.45) is 5.92 Å². The van der Waals surface area contributed by atoms with Crippen LogP contribution in [0.2, 0.25) is 0 Å². The first-order chi connectivity index (χ1) is 8.33. The summed E-state index contributed by atoms with van der Waals surface area (Å²) in [5.74, 6) is 2.81. The molecule has 0 bridgehead atoms. The average Bonchev–Trinajstić information content (AvgIpc) is 2.26. The molecule has 17 heavy (non-hydrogen) atoms. The molecule has 1 fully saturated rings. The fraction of sp³-hybridized carbons (Fsp3) is 0.692. The molecule has 2 N–H and O–H groups in total. The molecule has 0 atom stereocenters. The van der Waals surface area contributed by atoms with Crippen LogP contribution in [-0.4, -0.2) is 23.1 Å². The Balaban J connectivity index is 1.78. The van der Waals surface area contributed by atoms with Crippen LogP contribution >= 0.6 is 0 Å². The molecule has 0 radical (unpaired) electrons. The van der Waals surface area contributed by atoms with Gasteiger partial charge in [0.25, 0.3) is 0 Å². The molecule has 1 saturated carbocycles. The Morgan fingerprint density at radius 1 is 1.35 bits per heavy atom. The van der Waals surface area contributed by atoms with E-state index in [2.05, 4.69) is 20.6 Å². The van der Waals surface area contributed by atoms with Gasteiger partial charge in [-0.3, -0.25) is 0 Å². The van der Waals surface area contributed by atoms with E-state index in [1.807, 2.05) is 6.92 Å². The SMILES string of the molecule is Cc1nc2c(c(NCC3CCC3)n1)CNCC2. The van der Waals surface area contributed by atoms with Gasteiger partial charge >= 0.3 is 0 Å². The van der Waals surface area contributed by atoms with Gasteiger partial charge in [-0.05, 0) is 25.7 Å². The van der Waals surface area contributed by atoms with Crippen LogP contribution in [0.5, 0.6) is 0 Å². The Kier molecular flexibility index (Phi) is 2.97. The smallest absolute Gasteiger partial charge is 0.134 e. The molecule has 1 aliphatic heterocycles. The molecule has 3 rings (SSSR count). The highest BCUT2D eigenvalue weighted by Gasteiger charge is 2.20. The number of nitrogens with zero attached hydrogens (tertiary/aromatic N) is 2. The maximum atomic E-state index is 4.55. The third-order valence-corrected chi connectivity index (χ3v) is 3.83. The highest BCUT2D eigenvalue weighted by atomic mass is 15.1. The lowest BCUT2D eigenvalue weighted by Crippen LogP contribution is -2.28. The van der Waals surface area contributed by atoms with Crippen molar-refractivity contribution in [3.05, 3.63) is 17.1 Å². The minimum absolute atomic E-state index is 0.859. The van der Waals surface area contributed by atoms with Crippen molar-refractivity contribution >= 4 is 5.82 Å². The van der Waals surface area contributed by atoms with E-state index < -0.39 is 0 Å². The van der Waals surface area contributed by atoms with Gasteiger partial charge in [0.05, 0.1) is 5.69 Å². The third-order valence-electron chi connectivity index (χ3n) is 3.83. The molecule has 0 aromatic carbocycles. The predicted molar refractivity (Wildman–Crippen MR) is 68.0 cm³/mol. The Hall–Kier alpha value is -1.16. The van der Waals surface area contributed by atoms with Crippen LogP contribution in [0.15, 0.2) is 0 Å². The number of hydrogen-bond acceptors (Lipinski definition) is 4. The van der Waals surface area contributed by atoms with E-state index in [0.717, 1.165) is 43.6 Å². The van der Waals surface area contributed by atoms with Crippen LogP contribution in [0.25, 0.3) is 0 Å². The monoisotopic (exact) mass is 232 g/mol. The highest BCUT2D eigenvalue weighted by Crippen LogP contribution is 2.27. The lowest BCUT2D eigenvalue weighted by atomic mass is 9.85. The molecule has 4 nitrogen and oxygen atoms in total. The molecule has 2 aliphatic rings. The lowest BCUT2D eigenvalue weighted by Gasteiger charge is -2.27. The van der Waals surface area contributed by atoms with Gasteiger partial charge < -0.3 is 10.6 Å². The summed E-state index contributed by atoms with van der Waals surface area (Å²) in [7, 11) is 0. The number of rotatable bonds is 3. The first-order valence-electron chi connectivity index (χ1n) is 6.64. The maximum Gasteiger partial charge on any atom is 0.134 e. The second-order valence-corrected chi connectivity index (χ2v) is 5.15. The van der Waals surface area contributed by atoms with E-state index in [1.54, 1.807) is 0 Å². The van der Waals surface area contributed by atoms with Crippen LogP contribution in [0.3, 0.4) is 0 Å². The summed E-state index contributed by atoms with van der Waals surface area (Å²) < 4.78 is 0. The molecule has 0 amide bonds. The summed E-state index contributed by atoms with van der Waals surface area (Å²) in [4.78, 5) is 9.10. The summed E-state index contributed by atoms with van der Waals surface area (Å²) in [6.45, 7) is 4.99.